The Morgan fingerprint density at radius 1 is 0.778 bits per heavy atom. The van der Waals surface area contributed by atoms with Crippen LogP contribution in [-0.2, 0) is 18.0 Å². The third kappa shape index (κ3) is 5.33. The lowest BCUT2D eigenvalue weighted by Gasteiger charge is -2.14. The quantitative estimate of drug-likeness (QED) is 0.633. The molecule has 0 spiro atoms. The molecule has 1 unspecified atom stereocenters. The molecular formula is C22H20O5. The lowest BCUT2D eigenvalue weighted by Crippen LogP contribution is -2.11. The van der Waals surface area contributed by atoms with E-state index in [4.69, 9.17) is 14.6 Å². The van der Waals surface area contributed by atoms with Gasteiger partial charge in [-0.2, -0.15) is 0 Å². The number of ether oxygens (including phenoxy) is 2. The number of carboxylic acids is 1. The van der Waals surface area contributed by atoms with E-state index in [0.717, 1.165) is 11.1 Å². The molecule has 1 atom stereocenters. The summed E-state index contributed by atoms with van der Waals surface area (Å²) in [6, 6.07) is 23.9. The number of rotatable bonds is 8. The zero-order valence-electron chi connectivity index (χ0n) is 14.6. The number of benzene rings is 3. The Bertz CT molecular complexity index is 816. The molecule has 5 heteroatoms. The van der Waals surface area contributed by atoms with Crippen LogP contribution in [0, 0.1) is 0 Å². The fourth-order valence-electron chi connectivity index (χ4n) is 2.54. The highest BCUT2D eigenvalue weighted by Crippen LogP contribution is 2.28. The predicted octanol–water partition coefficient (Wildman–Crippen LogP) is 3.96. The molecule has 0 aromatic heterocycles. The number of hydrogen-bond acceptors (Lipinski definition) is 4. The molecule has 0 amide bonds. The first kappa shape index (κ1) is 18.5. The third-order valence-electron chi connectivity index (χ3n) is 3.95. The van der Waals surface area contributed by atoms with Gasteiger partial charge < -0.3 is 19.7 Å². The standard InChI is InChI=1S/C22H20O5/c23-21(22(24)25)18-11-19(26-14-16-7-3-1-4-8-16)13-20(12-18)27-15-17-9-5-2-6-10-17/h1-13,21,23H,14-15H2,(H,24,25). The maximum Gasteiger partial charge on any atom is 0.337 e. The lowest BCUT2D eigenvalue weighted by atomic mass is 10.1. The summed E-state index contributed by atoms with van der Waals surface area (Å²) in [4.78, 5) is 11.1. The molecule has 3 rings (SSSR count). The normalized spacial score (nSPS) is 11.6. The summed E-state index contributed by atoms with van der Waals surface area (Å²) < 4.78 is 11.5. The fraction of sp³-hybridized carbons (Fsp3) is 0.136. The van der Waals surface area contributed by atoms with E-state index in [1.807, 2.05) is 60.7 Å². The van der Waals surface area contributed by atoms with E-state index in [9.17, 15) is 9.90 Å². The highest BCUT2D eigenvalue weighted by atomic mass is 16.5. The van der Waals surface area contributed by atoms with Crippen LogP contribution < -0.4 is 9.47 Å². The minimum atomic E-state index is -1.65. The molecule has 0 aliphatic carbocycles. The Hall–Kier alpha value is -3.31. The highest BCUT2D eigenvalue weighted by molar-refractivity contribution is 5.74. The number of carbonyl (C=O) groups is 1. The van der Waals surface area contributed by atoms with Crippen molar-refractivity contribution in [3.05, 3.63) is 95.6 Å². The van der Waals surface area contributed by atoms with Crippen LogP contribution in [0.4, 0.5) is 0 Å². The predicted molar refractivity (Wildman–Crippen MR) is 101 cm³/mol. The van der Waals surface area contributed by atoms with Crippen molar-refractivity contribution < 1.29 is 24.5 Å². The van der Waals surface area contributed by atoms with Gasteiger partial charge in [-0.05, 0) is 28.8 Å². The molecule has 0 aliphatic heterocycles. The summed E-state index contributed by atoms with van der Waals surface area (Å²) in [7, 11) is 0. The van der Waals surface area contributed by atoms with Gasteiger partial charge >= 0.3 is 5.97 Å². The summed E-state index contributed by atoms with van der Waals surface area (Å²) in [5.41, 5.74) is 2.16. The summed E-state index contributed by atoms with van der Waals surface area (Å²) in [5.74, 6) is -0.469. The zero-order valence-corrected chi connectivity index (χ0v) is 14.6. The Labute approximate surface area is 157 Å². The van der Waals surface area contributed by atoms with E-state index in [1.165, 1.54) is 12.1 Å². The van der Waals surface area contributed by atoms with Crippen molar-refractivity contribution in [2.45, 2.75) is 19.3 Å². The van der Waals surface area contributed by atoms with Crippen molar-refractivity contribution in [3.8, 4) is 11.5 Å². The Balaban J connectivity index is 1.78. The number of hydrogen-bond donors (Lipinski definition) is 2. The van der Waals surface area contributed by atoms with Crippen molar-refractivity contribution in [3.63, 3.8) is 0 Å². The zero-order chi connectivity index (χ0) is 19.1. The van der Waals surface area contributed by atoms with Gasteiger partial charge in [0.15, 0.2) is 6.10 Å². The van der Waals surface area contributed by atoms with Gasteiger partial charge in [0, 0.05) is 6.07 Å². The molecule has 27 heavy (non-hydrogen) atoms. The van der Waals surface area contributed by atoms with Gasteiger partial charge in [-0.1, -0.05) is 60.7 Å². The molecule has 5 nitrogen and oxygen atoms in total. The largest absolute Gasteiger partial charge is 0.489 e. The molecule has 0 bridgehead atoms. The van der Waals surface area contributed by atoms with Crippen molar-refractivity contribution in [1.29, 1.82) is 0 Å². The second kappa shape index (κ2) is 8.87. The molecule has 138 valence electrons. The lowest BCUT2D eigenvalue weighted by molar-refractivity contribution is -0.146. The van der Waals surface area contributed by atoms with Gasteiger partial charge in [0.25, 0.3) is 0 Å². The van der Waals surface area contributed by atoms with E-state index in [1.54, 1.807) is 6.07 Å². The topological polar surface area (TPSA) is 76.0 Å². The fourth-order valence-corrected chi connectivity index (χ4v) is 2.54. The summed E-state index contributed by atoms with van der Waals surface area (Å²) in [5, 5.41) is 19.0. The molecule has 0 saturated heterocycles. The van der Waals surface area contributed by atoms with Crippen LogP contribution in [0.2, 0.25) is 0 Å². The van der Waals surface area contributed by atoms with E-state index >= 15 is 0 Å². The molecule has 2 N–H and O–H groups in total. The second-order valence-corrected chi connectivity index (χ2v) is 6.03. The SMILES string of the molecule is O=C(O)C(O)c1cc(OCc2ccccc2)cc(OCc2ccccc2)c1. The van der Waals surface area contributed by atoms with Crippen LogP contribution in [0.15, 0.2) is 78.9 Å². The van der Waals surface area contributed by atoms with Crippen LogP contribution in [0.25, 0.3) is 0 Å². The average Bonchev–Trinajstić information content (AvgIpc) is 2.71. The number of aliphatic carboxylic acids is 1. The Morgan fingerprint density at radius 2 is 1.22 bits per heavy atom. The first-order chi connectivity index (χ1) is 13.1. The Kier molecular flexibility index (Phi) is 6.07. The monoisotopic (exact) mass is 364 g/mol. The van der Waals surface area contributed by atoms with Gasteiger partial charge in [-0.25, -0.2) is 4.79 Å². The van der Waals surface area contributed by atoms with Crippen molar-refractivity contribution >= 4 is 5.97 Å². The van der Waals surface area contributed by atoms with Gasteiger partial charge in [-0.15, -0.1) is 0 Å². The van der Waals surface area contributed by atoms with Gasteiger partial charge in [-0.3, -0.25) is 0 Å². The average molecular weight is 364 g/mol. The smallest absolute Gasteiger partial charge is 0.337 e. The van der Waals surface area contributed by atoms with Crippen LogP contribution >= 0.6 is 0 Å². The molecule has 3 aromatic carbocycles. The minimum absolute atomic E-state index is 0.205. The number of aliphatic hydroxyl groups is 1. The van der Waals surface area contributed by atoms with E-state index in [0.29, 0.717) is 24.7 Å². The van der Waals surface area contributed by atoms with Crippen molar-refractivity contribution in [1.82, 2.24) is 0 Å². The van der Waals surface area contributed by atoms with Crippen LogP contribution in [0.3, 0.4) is 0 Å². The van der Waals surface area contributed by atoms with Crippen LogP contribution in [0.1, 0.15) is 22.8 Å². The molecule has 0 aliphatic rings. The third-order valence-corrected chi connectivity index (χ3v) is 3.95. The minimum Gasteiger partial charge on any atom is -0.489 e. The second-order valence-electron chi connectivity index (χ2n) is 6.03. The van der Waals surface area contributed by atoms with E-state index in [2.05, 4.69) is 0 Å². The molecule has 0 fully saturated rings. The first-order valence-corrected chi connectivity index (χ1v) is 8.51. The molecule has 0 radical (unpaired) electrons. The van der Waals surface area contributed by atoms with Crippen molar-refractivity contribution in [2.24, 2.45) is 0 Å². The molecule has 3 aromatic rings. The Morgan fingerprint density at radius 3 is 1.63 bits per heavy atom. The summed E-state index contributed by atoms with van der Waals surface area (Å²) in [6.45, 7) is 0.650. The van der Waals surface area contributed by atoms with Crippen LogP contribution in [0.5, 0.6) is 11.5 Å². The summed E-state index contributed by atoms with van der Waals surface area (Å²) >= 11 is 0. The first-order valence-electron chi connectivity index (χ1n) is 8.51. The van der Waals surface area contributed by atoms with Gasteiger partial charge in [0.05, 0.1) is 0 Å². The summed E-state index contributed by atoms with van der Waals surface area (Å²) in [6.07, 6.45) is -1.65. The number of aliphatic hydroxyl groups excluding tert-OH is 1. The maximum atomic E-state index is 11.1. The van der Waals surface area contributed by atoms with Gasteiger partial charge in [0.2, 0.25) is 0 Å². The molecule has 0 heterocycles. The van der Waals surface area contributed by atoms with E-state index < -0.39 is 12.1 Å². The maximum absolute atomic E-state index is 11.1. The molecular weight excluding hydrogens is 344 g/mol. The van der Waals surface area contributed by atoms with Crippen molar-refractivity contribution in [2.75, 3.05) is 0 Å². The molecule has 0 saturated carbocycles. The van der Waals surface area contributed by atoms with Crippen LogP contribution in [-0.4, -0.2) is 16.2 Å². The number of carboxylic acid groups (broad SMARTS) is 1. The highest BCUT2D eigenvalue weighted by Gasteiger charge is 2.18. The van der Waals surface area contributed by atoms with E-state index in [-0.39, 0.29) is 5.56 Å². The van der Waals surface area contributed by atoms with Gasteiger partial charge in [0.1, 0.15) is 24.7 Å².